The van der Waals surface area contributed by atoms with Crippen LogP contribution in [0.25, 0.3) is 0 Å². The lowest BCUT2D eigenvalue weighted by Crippen LogP contribution is -2.49. The number of carbonyl (C=O) groups excluding carboxylic acids is 1. The van der Waals surface area contributed by atoms with Crippen molar-refractivity contribution >= 4 is 11.7 Å². The molecule has 130 valence electrons. The minimum absolute atomic E-state index is 0.0914. The zero-order chi connectivity index (χ0) is 17.3. The maximum Gasteiger partial charge on any atom is 0.325 e. The van der Waals surface area contributed by atoms with Crippen molar-refractivity contribution < 1.29 is 9.53 Å². The Bertz CT molecular complexity index is 614. The number of hydrogen-bond donors (Lipinski definition) is 1. The van der Waals surface area contributed by atoms with Gasteiger partial charge in [-0.05, 0) is 63.6 Å². The Labute approximate surface area is 144 Å². The molecule has 1 aromatic rings. The molecular formula is C19H27N3O2. The molecule has 3 rings (SSSR count). The van der Waals surface area contributed by atoms with Crippen LogP contribution in [0.2, 0.25) is 0 Å². The number of amides is 2. The van der Waals surface area contributed by atoms with Gasteiger partial charge in [0.1, 0.15) is 5.75 Å². The van der Waals surface area contributed by atoms with Gasteiger partial charge < -0.3 is 15.0 Å². The topological polar surface area (TPSA) is 44.8 Å². The van der Waals surface area contributed by atoms with Crippen molar-refractivity contribution in [2.24, 2.45) is 0 Å². The molecule has 1 aliphatic carbocycles. The Morgan fingerprint density at radius 2 is 2.08 bits per heavy atom. The van der Waals surface area contributed by atoms with Crippen LogP contribution in [0.1, 0.15) is 33.1 Å². The quantitative estimate of drug-likeness (QED) is 0.901. The summed E-state index contributed by atoms with van der Waals surface area (Å²) in [5.41, 5.74) is 0.842. The molecule has 1 spiro atoms. The minimum Gasteiger partial charge on any atom is -0.497 e. The second kappa shape index (κ2) is 6.38. The standard InChI is InChI=1S/C19H27N3O2/c1-5-20-15-10-11-19(12-15)13-21(18(23)22(19)14(2)3)16-6-8-17(24-4)9-7-16/h5-9,14-15,20H,1,10-13H2,2-4H3. The molecule has 1 aromatic carbocycles. The van der Waals surface area contributed by atoms with Gasteiger partial charge in [-0.15, -0.1) is 0 Å². The van der Waals surface area contributed by atoms with E-state index in [1.807, 2.05) is 29.2 Å². The number of carbonyl (C=O) groups is 1. The highest BCUT2D eigenvalue weighted by Crippen LogP contribution is 2.43. The smallest absolute Gasteiger partial charge is 0.325 e. The molecule has 2 atom stereocenters. The lowest BCUT2D eigenvalue weighted by molar-refractivity contribution is 0.131. The predicted molar refractivity (Wildman–Crippen MR) is 96.4 cm³/mol. The summed E-state index contributed by atoms with van der Waals surface area (Å²) in [5.74, 6) is 0.803. The SMILES string of the molecule is C=CNC1CCC2(C1)CN(c1ccc(OC)cc1)C(=O)N2C(C)C. The summed E-state index contributed by atoms with van der Waals surface area (Å²) in [7, 11) is 1.65. The van der Waals surface area contributed by atoms with Crippen LogP contribution < -0.4 is 15.0 Å². The first-order valence-electron chi connectivity index (χ1n) is 8.62. The van der Waals surface area contributed by atoms with E-state index in [1.54, 1.807) is 13.3 Å². The molecule has 5 nitrogen and oxygen atoms in total. The first-order valence-corrected chi connectivity index (χ1v) is 8.62. The van der Waals surface area contributed by atoms with E-state index in [0.29, 0.717) is 6.04 Å². The van der Waals surface area contributed by atoms with E-state index in [-0.39, 0.29) is 17.6 Å². The Balaban J connectivity index is 1.88. The second-order valence-corrected chi connectivity index (χ2v) is 7.07. The normalized spacial score (nSPS) is 26.5. The van der Waals surface area contributed by atoms with Crippen molar-refractivity contribution in [2.45, 2.75) is 50.7 Å². The van der Waals surface area contributed by atoms with Crippen molar-refractivity contribution in [3.8, 4) is 5.75 Å². The number of ether oxygens (including phenoxy) is 1. The molecule has 2 aliphatic rings. The van der Waals surface area contributed by atoms with E-state index in [9.17, 15) is 4.79 Å². The van der Waals surface area contributed by atoms with Crippen LogP contribution in [0.4, 0.5) is 10.5 Å². The zero-order valence-corrected chi connectivity index (χ0v) is 14.8. The summed E-state index contributed by atoms with van der Waals surface area (Å²) in [6.07, 6.45) is 4.82. The summed E-state index contributed by atoms with van der Waals surface area (Å²) in [4.78, 5) is 17.1. The van der Waals surface area contributed by atoms with Crippen LogP contribution in [-0.4, -0.2) is 42.2 Å². The predicted octanol–water partition coefficient (Wildman–Crippen LogP) is 3.37. The van der Waals surface area contributed by atoms with E-state index in [4.69, 9.17) is 4.74 Å². The van der Waals surface area contributed by atoms with E-state index >= 15 is 0 Å². The molecule has 2 fully saturated rings. The minimum atomic E-state index is -0.0914. The van der Waals surface area contributed by atoms with Crippen LogP contribution >= 0.6 is 0 Å². The third kappa shape index (κ3) is 2.72. The number of anilines is 1. The third-order valence-corrected chi connectivity index (χ3v) is 5.24. The Morgan fingerprint density at radius 1 is 1.38 bits per heavy atom. The fourth-order valence-electron chi connectivity index (χ4n) is 4.28. The molecule has 1 saturated carbocycles. The van der Waals surface area contributed by atoms with Crippen LogP contribution in [0.3, 0.4) is 0 Å². The van der Waals surface area contributed by atoms with Gasteiger partial charge >= 0.3 is 6.03 Å². The number of urea groups is 1. The lowest BCUT2D eigenvalue weighted by atomic mass is 9.95. The van der Waals surface area contributed by atoms with Gasteiger partial charge in [-0.25, -0.2) is 4.79 Å². The fourth-order valence-corrected chi connectivity index (χ4v) is 4.28. The lowest BCUT2D eigenvalue weighted by Gasteiger charge is -2.36. The molecule has 0 radical (unpaired) electrons. The summed E-state index contributed by atoms with van der Waals surface area (Å²) >= 11 is 0. The Kier molecular flexibility index (Phi) is 4.43. The second-order valence-electron chi connectivity index (χ2n) is 7.07. The molecule has 2 amide bonds. The average molecular weight is 329 g/mol. The van der Waals surface area contributed by atoms with Crippen molar-refractivity contribution in [3.05, 3.63) is 37.0 Å². The molecule has 24 heavy (non-hydrogen) atoms. The van der Waals surface area contributed by atoms with Crippen LogP contribution in [-0.2, 0) is 0 Å². The molecule has 2 unspecified atom stereocenters. The Morgan fingerprint density at radius 3 is 2.67 bits per heavy atom. The third-order valence-electron chi connectivity index (χ3n) is 5.24. The molecule has 1 aliphatic heterocycles. The first-order chi connectivity index (χ1) is 11.5. The van der Waals surface area contributed by atoms with Gasteiger partial charge in [0.05, 0.1) is 19.2 Å². The van der Waals surface area contributed by atoms with Crippen LogP contribution in [0.15, 0.2) is 37.0 Å². The van der Waals surface area contributed by atoms with E-state index in [2.05, 4.69) is 30.6 Å². The molecule has 1 saturated heterocycles. The van der Waals surface area contributed by atoms with E-state index in [0.717, 1.165) is 37.2 Å². The fraction of sp³-hybridized carbons (Fsp3) is 0.526. The highest BCUT2D eigenvalue weighted by molar-refractivity contribution is 5.95. The van der Waals surface area contributed by atoms with Crippen molar-refractivity contribution in [1.29, 1.82) is 0 Å². The van der Waals surface area contributed by atoms with Crippen molar-refractivity contribution in [2.75, 3.05) is 18.6 Å². The average Bonchev–Trinajstić information content (AvgIpc) is 3.09. The maximum atomic E-state index is 13.1. The monoisotopic (exact) mass is 329 g/mol. The van der Waals surface area contributed by atoms with Gasteiger partial charge in [0.15, 0.2) is 0 Å². The number of methoxy groups -OCH3 is 1. The summed E-state index contributed by atoms with van der Waals surface area (Å²) in [6.45, 7) is 8.72. The van der Waals surface area contributed by atoms with Gasteiger partial charge in [-0.1, -0.05) is 6.58 Å². The molecule has 1 heterocycles. The summed E-state index contributed by atoms with van der Waals surface area (Å²) in [5, 5.41) is 3.33. The van der Waals surface area contributed by atoms with Crippen molar-refractivity contribution in [3.63, 3.8) is 0 Å². The molecule has 0 bridgehead atoms. The molecule has 5 heteroatoms. The van der Waals surface area contributed by atoms with Crippen LogP contribution in [0, 0.1) is 0 Å². The number of hydrogen-bond acceptors (Lipinski definition) is 3. The van der Waals surface area contributed by atoms with Crippen LogP contribution in [0.5, 0.6) is 5.75 Å². The number of rotatable bonds is 5. The molecular weight excluding hydrogens is 302 g/mol. The van der Waals surface area contributed by atoms with Gasteiger partial charge in [-0.2, -0.15) is 0 Å². The van der Waals surface area contributed by atoms with Crippen molar-refractivity contribution in [1.82, 2.24) is 10.2 Å². The van der Waals surface area contributed by atoms with E-state index in [1.165, 1.54) is 0 Å². The largest absolute Gasteiger partial charge is 0.497 e. The summed E-state index contributed by atoms with van der Waals surface area (Å²) in [6, 6.07) is 8.42. The van der Waals surface area contributed by atoms with Gasteiger partial charge in [0, 0.05) is 17.8 Å². The first kappa shape index (κ1) is 16.7. The van der Waals surface area contributed by atoms with Gasteiger partial charge in [0.2, 0.25) is 0 Å². The molecule has 1 N–H and O–H groups in total. The number of nitrogens with zero attached hydrogens (tertiary/aromatic N) is 2. The highest BCUT2D eigenvalue weighted by atomic mass is 16.5. The highest BCUT2D eigenvalue weighted by Gasteiger charge is 2.54. The molecule has 0 aromatic heterocycles. The zero-order valence-electron chi connectivity index (χ0n) is 14.8. The number of nitrogens with one attached hydrogen (secondary N) is 1. The van der Waals surface area contributed by atoms with Gasteiger partial charge in [0.25, 0.3) is 0 Å². The van der Waals surface area contributed by atoms with E-state index < -0.39 is 0 Å². The summed E-state index contributed by atoms with van der Waals surface area (Å²) < 4.78 is 5.22. The Hall–Kier alpha value is -2.17. The maximum absolute atomic E-state index is 13.1. The number of benzene rings is 1. The van der Waals surface area contributed by atoms with Gasteiger partial charge in [-0.3, -0.25) is 4.90 Å².